The lowest BCUT2D eigenvalue weighted by atomic mass is 10.1. The van der Waals surface area contributed by atoms with Gasteiger partial charge >= 0.3 is 0 Å². The summed E-state index contributed by atoms with van der Waals surface area (Å²) in [7, 11) is 1.93. The van der Waals surface area contributed by atoms with Crippen molar-refractivity contribution in [2.24, 2.45) is 0 Å². The Bertz CT molecular complexity index is 159. The normalized spacial score (nSPS) is 27.2. The van der Waals surface area contributed by atoms with E-state index in [-0.39, 0.29) is 6.10 Å². The molecule has 0 amide bonds. The second-order valence-electron chi connectivity index (χ2n) is 3.20. The molecule has 1 fully saturated rings. The second-order valence-corrected chi connectivity index (χ2v) is 3.20. The molecule has 1 N–H and O–H groups in total. The molecule has 0 radical (unpaired) electrons. The van der Waals surface area contributed by atoms with Crippen LogP contribution in [0.4, 0.5) is 0 Å². The fourth-order valence-corrected chi connectivity index (χ4v) is 1.27. The molecule has 0 bridgehead atoms. The first kappa shape index (κ1) is 9.68. The predicted octanol–water partition coefficient (Wildman–Crippen LogP) is 0.732. The molecule has 0 aromatic carbocycles. The van der Waals surface area contributed by atoms with Gasteiger partial charge in [-0.15, -0.1) is 0 Å². The van der Waals surface area contributed by atoms with E-state index >= 15 is 0 Å². The maximum atomic E-state index is 11.0. The number of ketones is 1. The van der Waals surface area contributed by atoms with Gasteiger partial charge in [0.1, 0.15) is 5.78 Å². The Morgan fingerprint density at radius 2 is 2.25 bits per heavy atom. The summed E-state index contributed by atoms with van der Waals surface area (Å²) in [4.78, 5) is 11.0. The highest BCUT2D eigenvalue weighted by Gasteiger charge is 2.38. The van der Waals surface area contributed by atoms with Crippen LogP contribution >= 0.6 is 0 Å². The van der Waals surface area contributed by atoms with E-state index in [2.05, 4.69) is 5.32 Å². The largest absolute Gasteiger partial charge is 0.369 e. The summed E-state index contributed by atoms with van der Waals surface area (Å²) in [6.07, 6.45) is 2.85. The van der Waals surface area contributed by atoms with Crippen LogP contribution in [0.1, 0.15) is 26.2 Å². The van der Waals surface area contributed by atoms with E-state index < -0.39 is 0 Å². The van der Waals surface area contributed by atoms with Gasteiger partial charge in [0.2, 0.25) is 0 Å². The van der Waals surface area contributed by atoms with Crippen molar-refractivity contribution >= 4 is 5.78 Å². The maximum Gasteiger partial charge on any atom is 0.135 e. The van der Waals surface area contributed by atoms with Crippen molar-refractivity contribution in [2.45, 2.75) is 38.4 Å². The first-order chi connectivity index (χ1) is 5.77. The number of Topliss-reactive ketones (excluding diaryl/α,β-unsaturated/α-hetero) is 1. The fraction of sp³-hybridized carbons (Fsp3) is 0.889. The van der Waals surface area contributed by atoms with Crippen LogP contribution in [-0.4, -0.2) is 31.6 Å². The zero-order valence-corrected chi connectivity index (χ0v) is 7.80. The van der Waals surface area contributed by atoms with E-state index in [0.717, 1.165) is 13.0 Å². The van der Waals surface area contributed by atoms with Crippen LogP contribution in [-0.2, 0) is 9.53 Å². The highest BCUT2D eigenvalue weighted by molar-refractivity contribution is 5.78. The minimum Gasteiger partial charge on any atom is -0.369 e. The van der Waals surface area contributed by atoms with Gasteiger partial charge < -0.3 is 10.1 Å². The van der Waals surface area contributed by atoms with E-state index in [9.17, 15) is 4.79 Å². The summed E-state index contributed by atoms with van der Waals surface area (Å²) < 4.78 is 5.33. The number of epoxide rings is 1. The highest BCUT2D eigenvalue weighted by Crippen LogP contribution is 2.28. The van der Waals surface area contributed by atoms with E-state index in [1.165, 1.54) is 0 Å². The van der Waals surface area contributed by atoms with Gasteiger partial charge in [0.15, 0.2) is 0 Å². The second kappa shape index (κ2) is 4.58. The number of hydrogen-bond donors (Lipinski definition) is 1. The number of carbonyl (C=O) groups is 1. The van der Waals surface area contributed by atoms with Crippen molar-refractivity contribution < 1.29 is 9.53 Å². The van der Waals surface area contributed by atoms with Gasteiger partial charge in [-0.05, 0) is 20.0 Å². The molecule has 3 nitrogen and oxygen atoms in total. The lowest BCUT2D eigenvalue weighted by molar-refractivity contribution is -0.119. The Kier molecular flexibility index (Phi) is 3.69. The number of hydrogen-bond acceptors (Lipinski definition) is 3. The molecule has 2 atom stereocenters. The van der Waals surface area contributed by atoms with Crippen LogP contribution in [0.5, 0.6) is 0 Å². The first-order valence-electron chi connectivity index (χ1n) is 4.59. The van der Waals surface area contributed by atoms with E-state index in [0.29, 0.717) is 24.7 Å². The topological polar surface area (TPSA) is 41.6 Å². The molecule has 0 aromatic rings. The number of nitrogens with one attached hydrogen (secondary N) is 1. The Balaban J connectivity index is 2.04. The highest BCUT2D eigenvalue weighted by atomic mass is 16.6. The van der Waals surface area contributed by atoms with Crippen LogP contribution in [0.15, 0.2) is 0 Å². The Morgan fingerprint density at radius 3 is 2.83 bits per heavy atom. The Morgan fingerprint density at radius 1 is 1.50 bits per heavy atom. The van der Waals surface area contributed by atoms with Crippen LogP contribution in [0.25, 0.3) is 0 Å². The number of rotatable bonds is 6. The SMILES string of the molecule is CCC(=O)CC1OC1CCNC. The Labute approximate surface area is 73.5 Å². The van der Waals surface area contributed by atoms with E-state index in [4.69, 9.17) is 4.74 Å². The van der Waals surface area contributed by atoms with E-state index in [1.54, 1.807) is 0 Å². The van der Waals surface area contributed by atoms with Crippen molar-refractivity contribution in [3.05, 3.63) is 0 Å². The molecule has 3 heteroatoms. The third-order valence-electron chi connectivity index (χ3n) is 2.19. The zero-order chi connectivity index (χ0) is 8.97. The first-order valence-corrected chi connectivity index (χ1v) is 4.59. The van der Waals surface area contributed by atoms with Gasteiger partial charge in [0, 0.05) is 12.8 Å². The molecular formula is C9H17NO2. The van der Waals surface area contributed by atoms with Crippen molar-refractivity contribution in [2.75, 3.05) is 13.6 Å². The van der Waals surface area contributed by atoms with Crippen LogP contribution in [0.2, 0.25) is 0 Å². The summed E-state index contributed by atoms with van der Waals surface area (Å²) >= 11 is 0. The third-order valence-corrected chi connectivity index (χ3v) is 2.19. The molecule has 0 saturated carbocycles. The molecule has 0 aromatic heterocycles. The van der Waals surface area contributed by atoms with Gasteiger partial charge in [-0.3, -0.25) is 4.79 Å². The lowest BCUT2D eigenvalue weighted by Crippen LogP contribution is -2.12. The summed E-state index contributed by atoms with van der Waals surface area (Å²) in [5, 5.41) is 3.06. The quantitative estimate of drug-likeness (QED) is 0.599. The van der Waals surface area contributed by atoms with Crippen molar-refractivity contribution in [1.82, 2.24) is 5.32 Å². The Hall–Kier alpha value is -0.410. The summed E-state index contributed by atoms with van der Waals surface area (Å²) in [6, 6.07) is 0. The summed E-state index contributed by atoms with van der Waals surface area (Å²) in [5.74, 6) is 0.312. The standard InChI is InChI=1S/C9H17NO2/c1-3-7(11)6-9-8(12-9)4-5-10-2/h8-10H,3-6H2,1-2H3. The molecule has 0 spiro atoms. The van der Waals surface area contributed by atoms with Crippen LogP contribution in [0, 0.1) is 0 Å². The number of carbonyl (C=O) groups excluding carboxylic acids is 1. The molecule has 2 unspecified atom stereocenters. The molecular weight excluding hydrogens is 154 g/mol. The summed E-state index contributed by atoms with van der Waals surface area (Å²) in [5.41, 5.74) is 0. The smallest absolute Gasteiger partial charge is 0.135 e. The predicted molar refractivity (Wildman–Crippen MR) is 47.1 cm³/mol. The molecule has 12 heavy (non-hydrogen) atoms. The molecule has 1 aliphatic rings. The number of ether oxygens (including phenoxy) is 1. The van der Waals surface area contributed by atoms with Crippen molar-refractivity contribution in [3.63, 3.8) is 0 Å². The molecule has 1 aliphatic heterocycles. The molecule has 1 heterocycles. The van der Waals surface area contributed by atoms with Gasteiger partial charge in [-0.25, -0.2) is 0 Å². The van der Waals surface area contributed by atoms with Gasteiger partial charge in [-0.1, -0.05) is 6.92 Å². The van der Waals surface area contributed by atoms with Gasteiger partial charge in [-0.2, -0.15) is 0 Å². The van der Waals surface area contributed by atoms with Crippen molar-refractivity contribution in [1.29, 1.82) is 0 Å². The monoisotopic (exact) mass is 171 g/mol. The average Bonchev–Trinajstić information content (AvgIpc) is 2.80. The van der Waals surface area contributed by atoms with E-state index in [1.807, 2.05) is 14.0 Å². The van der Waals surface area contributed by atoms with Crippen molar-refractivity contribution in [3.8, 4) is 0 Å². The average molecular weight is 171 g/mol. The minimum absolute atomic E-state index is 0.228. The zero-order valence-electron chi connectivity index (χ0n) is 7.80. The molecule has 0 aliphatic carbocycles. The third kappa shape index (κ3) is 2.91. The van der Waals surface area contributed by atoms with Gasteiger partial charge in [0.25, 0.3) is 0 Å². The van der Waals surface area contributed by atoms with Crippen LogP contribution < -0.4 is 5.32 Å². The summed E-state index contributed by atoms with van der Waals surface area (Å²) in [6.45, 7) is 2.87. The van der Waals surface area contributed by atoms with Gasteiger partial charge in [0.05, 0.1) is 12.2 Å². The van der Waals surface area contributed by atoms with Crippen LogP contribution in [0.3, 0.4) is 0 Å². The molecule has 1 rings (SSSR count). The molecule has 1 saturated heterocycles. The minimum atomic E-state index is 0.228. The fourth-order valence-electron chi connectivity index (χ4n) is 1.27. The molecule has 70 valence electrons. The maximum absolute atomic E-state index is 11.0. The lowest BCUT2D eigenvalue weighted by Gasteiger charge is -1.93.